The smallest absolute Gasteiger partial charge is 0.261 e. The molecular formula is C15H19N4O6S. The van der Waals surface area contributed by atoms with Gasteiger partial charge in [0.05, 0.1) is 19.1 Å². The van der Waals surface area contributed by atoms with Crippen LogP contribution in [0, 0.1) is 6.42 Å². The number of sulfonamides is 1. The Hall–Kier alpha value is -2.37. The number of nitrogens with zero attached hydrogens (tertiary/aromatic N) is 2. The van der Waals surface area contributed by atoms with E-state index in [1.807, 2.05) is 0 Å². The Morgan fingerprint density at radius 3 is 2.73 bits per heavy atom. The molecule has 0 saturated carbocycles. The minimum atomic E-state index is -4.23. The molecule has 0 aliphatic carbocycles. The summed E-state index contributed by atoms with van der Waals surface area (Å²) in [7, 11) is -4.23. The van der Waals surface area contributed by atoms with Crippen LogP contribution in [-0.2, 0) is 24.4 Å². The van der Waals surface area contributed by atoms with Crippen molar-refractivity contribution in [2.75, 3.05) is 13.2 Å². The third kappa shape index (κ3) is 4.23. The molecule has 11 heteroatoms. The summed E-state index contributed by atoms with van der Waals surface area (Å²) in [5.74, 6) is -2.66. The molecule has 10 nitrogen and oxygen atoms in total. The van der Waals surface area contributed by atoms with Crippen LogP contribution < -0.4 is 11.1 Å². The molecule has 4 N–H and O–H groups in total. The molecule has 2 heterocycles. The minimum absolute atomic E-state index is 0.127. The SMILES string of the molecule is NC(=O)C1C(=O)[C@@H](NC(=O)[CH]CO)CCCN1S(=O)(=O)c1ccccn1. The summed E-state index contributed by atoms with van der Waals surface area (Å²) in [6, 6.07) is 1.39. The molecule has 141 valence electrons. The van der Waals surface area contributed by atoms with Crippen LogP contribution in [0.5, 0.6) is 0 Å². The van der Waals surface area contributed by atoms with E-state index in [4.69, 9.17) is 10.8 Å². The molecule has 1 radical (unpaired) electrons. The molecule has 1 aliphatic rings. The monoisotopic (exact) mass is 383 g/mol. The van der Waals surface area contributed by atoms with E-state index in [1.54, 1.807) is 0 Å². The Labute approximate surface area is 150 Å². The number of carbonyl (C=O) groups excluding carboxylic acids is 3. The lowest BCUT2D eigenvalue weighted by Crippen LogP contribution is -2.56. The number of primary amides is 1. The van der Waals surface area contributed by atoms with Crippen molar-refractivity contribution in [1.82, 2.24) is 14.6 Å². The fourth-order valence-corrected chi connectivity index (χ4v) is 4.21. The molecule has 0 spiro atoms. The Morgan fingerprint density at radius 1 is 1.42 bits per heavy atom. The number of aliphatic hydroxyl groups is 1. The summed E-state index contributed by atoms with van der Waals surface area (Å²) in [6.45, 7) is -0.652. The topological polar surface area (TPSA) is 160 Å². The molecule has 1 aromatic heterocycles. The molecule has 1 fully saturated rings. The van der Waals surface area contributed by atoms with Crippen LogP contribution in [0.4, 0.5) is 0 Å². The first-order valence-electron chi connectivity index (χ1n) is 7.79. The van der Waals surface area contributed by atoms with Crippen LogP contribution in [0.2, 0.25) is 0 Å². The zero-order chi connectivity index (χ0) is 19.3. The molecule has 1 aromatic rings. The van der Waals surface area contributed by atoms with Gasteiger partial charge in [-0.2, -0.15) is 4.31 Å². The number of hydrogen-bond acceptors (Lipinski definition) is 7. The largest absolute Gasteiger partial charge is 0.396 e. The van der Waals surface area contributed by atoms with Crippen LogP contribution in [0.1, 0.15) is 12.8 Å². The number of nitrogens with one attached hydrogen (secondary N) is 1. The molecule has 0 bridgehead atoms. The highest BCUT2D eigenvalue weighted by Gasteiger charge is 2.44. The third-order valence-corrected chi connectivity index (χ3v) is 5.63. The van der Waals surface area contributed by atoms with E-state index < -0.39 is 46.3 Å². The lowest BCUT2D eigenvalue weighted by molar-refractivity contribution is -0.134. The van der Waals surface area contributed by atoms with Crippen molar-refractivity contribution in [3.05, 3.63) is 30.8 Å². The number of aromatic nitrogens is 1. The molecule has 1 saturated heterocycles. The van der Waals surface area contributed by atoms with Gasteiger partial charge < -0.3 is 16.2 Å². The van der Waals surface area contributed by atoms with E-state index in [0.717, 1.165) is 10.7 Å². The average Bonchev–Trinajstić information content (AvgIpc) is 2.76. The second-order valence-electron chi connectivity index (χ2n) is 5.58. The number of Topliss-reactive ketones (excluding diaryl/α,β-unsaturated/α-hetero) is 1. The number of hydrogen-bond donors (Lipinski definition) is 3. The molecule has 1 aliphatic heterocycles. The van der Waals surface area contributed by atoms with Crippen LogP contribution >= 0.6 is 0 Å². The van der Waals surface area contributed by atoms with Crippen LogP contribution in [0.3, 0.4) is 0 Å². The van der Waals surface area contributed by atoms with Crippen molar-refractivity contribution < 1.29 is 27.9 Å². The highest BCUT2D eigenvalue weighted by Crippen LogP contribution is 2.22. The third-order valence-electron chi connectivity index (χ3n) is 3.85. The standard InChI is InChI=1S/C15H19N4O6S/c16-15(23)13-14(22)10(18-11(21)6-9-20)4-3-8-19(13)26(24,25)12-5-1-2-7-17-12/h1-2,5-7,10,13,20H,3-4,8-9H2,(H2,16,23)(H,18,21)/t10-,13?/m0/s1. The van der Waals surface area contributed by atoms with E-state index in [0.29, 0.717) is 0 Å². The van der Waals surface area contributed by atoms with Gasteiger partial charge in [-0.1, -0.05) is 6.07 Å². The minimum Gasteiger partial charge on any atom is -0.396 e. The summed E-state index contributed by atoms with van der Waals surface area (Å²) >= 11 is 0. The molecular weight excluding hydrogens is 364 g/mol. The summed E-state index contributed by atoms with van der Waals surface area (Å²) in [4.78, 5) is 40.0. The van der Waals surface area contributed by atoms with E-state index in [-0.39, 0.29) is 24.4 Å². The predicted octanol–water partition coefficient (Wildman–Crippen LogP) is -2.03. The van der Waals surface area contributed by atoms with Crippen molar-refractivity contribution in [3.63, 3.8) is 0 Å². The van der Waals surface area contributed by atoms with Gasteiger partial charge in [-0.3, -0.25) is 14.4 Å². The van der Waals surface area contributed by atoms with Gasteiger partial charge in [-0.05, 0) is 25.0 Å². The lowest BCUT2D eigenvalue weighted by atomic mass is 10.0. The zero-order valence-electron chi connectivity index (χ0n) is 13.7. The fourth-order valence-electron chi connectivity index (χ4n) is 2.67. The highest BCUT2D eigenvalue weighted by atomic mass is 32.2. The van der Waals surface area contributed by atoms with Gasteiger partial charge in [-0.25, -0.2) is 13.4 Å². The first-order valence-corrected chi connectivity index (χ1v) is 9.23. The van der Waals surface area contributed by atoms with Crippen molar-refractivity contribution in [1.29, 1.82) is 0 Å². The maximum atomic E-state index is 12.8. The number of amides is 2. The van der Waals surface area contributed by atoms with E-state index in [9.17, 15) is 22.8 Å². The molecule has 2 amide bonds. The summed E-state index contributed by atoms with van der Waals surface area (Å²) in [5, 5.41) is 10.8. The van der Waals surface area contributed by atoms with Crippen molar-refractivity contribution >= 4 is 27.6 Å². The van der Waals surface area contributed by atoms with E-state index in [1.165, 1.54) is 24.4 Å². The quantitative estimate of drug-likeness (QED) is 0.478. The van der Waals surface area contributed by atoms with Gasteiger partial charge in [0.25, 0.3) is 10.0 Å². The Bertz CT molecular complexity index is 783. The van der Waals surface area contributed by atoms with Gasteiger partial charge in [0.15, 0.2) is 16.9 Å². The lowest BCUT2D eigenvalue weighted by Gasteiger charge is -2.26. The molecule has 26 heavy (non-hydrogen) atoms. The Balaban J connectivity index is 2.35. The van der Waals surface area contributed by atoms with Gasteiger partial charge in [0.1, 0.15) is 0 Å². The number of aliphatic hydroxyl groups excluding tert-OH is 1. The summed E-state index contributed by atoms with van der Waals surface area (Å²) in [6.07, 6.45) is 2.53. The van der Waals surface area contributed by atoms with Gasteiger partial charge in [0.2, 0.25) is 11.8 Å². The second kappa shape index (κ2) is 8.34. The highest BCUT2D eigenvalue weighted by molar-refractivity contribution is 7.89. The van der Waals surface area contributed by atoms with Crippen molar-refractivity contribution in [3.8, 4) is 0 Å². The van der Waals surface area contributed by atoms with Crippen molar-refractivity contribution in [2.24, 2.45) is 5.73 Å². The maximum absolute atomic E-state index is 12.8. The first kappa shape index (κ1) is 19.9. The number of nitrogens with two attached hydrogens (primary N) is 1. The second-order valence-corrected chi connectivity index (χ2v) is 7.42. The maximum Gasteiger partial charge on any atom is 0.261 e. The fraction of sp³-hybridized carbons (Fsp3) is 0.400. The van der Waals surface area contributed by atoms with Crippen LogP contribution in [0.25, 0.3) is 0 Å². The number of rotatable bonds is 6. The predicted molar refractivity (Wildman–Crippen MR) is 88.7 cm³/mol. The molecule has 2 rings (SSSR count). The first-order chi connectivity index (χ1) is 12.3. The van der Waals surface area contributed by atoms with Crippen LogP contribution in [0.15, 0.2) is 29.4 Å². The van der Waals surface area contributed by atoms with E-state index >= 15 is 0 Å². The van der Waals surface area contributed by atoms with Crippen molar-refractivity contribution in [2.45, 2.75) is 30.0 Å². The normalized spacial score (nSPS) is 21.8. The van der Waals surface area contributed by atoms with Gasteiger partial charge >= 0.3 is 0 Å². The Kier molecular flexibility index (Phi) is 6.40. The summed E-state index contributed by atoms with van der Waals surface area (Å²) in [5.41, 5.74) is 5.30. The number of ketones is 1. The van der Waals surface area contributed by atoms with Gasteiger partial charge in [0, 0.05) is 12.7 Å². The van der Waals surface area contributed by atoms with Gasteiger partial charge in [-0.15, -0.1) is 0 Å². The number of pyridine rings is 1. The van der Waals surface area contributed by atoms with E-state index in [2.05, 4.69) is 10.3 Å². The zero-order valence-corrected chi connectivity index (χ0v) is 14.6. The molecule has 2 atom stereocenters. The molecule has 0 aromatic carbocycles. The average molecular weight is 383 g/mol. The Morgan fingerprint density at radius 2 is 2.15 bits per heavy atom. The number of carbonyl (C=O) groups is 3. The summed E-state index contributed by atoms with van der Waals surface area (Å²) < 4.78 is 26.3. The van der Waals surface area contributed by atoms with Crippen LogP contribution in [-0.4, -0.2) is 65.6 Å². The molecule has 1 unspecified atom stereocenters.